The number of benzene rings is 2. The van der Waals surface area contributed by atoms with Gasteiger partial charge in [-0.05, 0) is 41.8 Å². The molecule has 2 aromatic rings. The summed E-state index contributed by atoms with van der Waals surface area (Å²) in [4.78, 5) is 0. The molecule has 2 unspecified atom stereocenters. The van der Waals surface area contributed by atoms with Gasteiger partial charge in [0.15, 0.2) is 0 Å². The molecule has 2 aromatic carbocycles. The minimum Gasteiger partial charge on any atom is -0.591 e. The Morgan fingerprint density at radius 2 is 1.68 bits per heavy atom. The molecule has 0 amide bonds. The van der Waals surface area contributed by atoms with Crippen LogP contribution < -0.4 is 0 Å². The van der Waals surface area contributed by atoms with E-state index in [9.17, 15) is 4.55 Å². The number of rotatable bonds is 7. The van der Waals surface area contributed by atoms with Crippen molar-refractivity contribution in [2.24, 2.45) is 10.3 Å². The Kier molecular flexibility index (Phi) is 8.11. The molecule has 2 nitrogen and oxygen atoms in total. The predicted molar refractivity (Wildman–Crippen MR) is 111 cm³/mol. The van der Waals surface area contributed by atoms with Crippen LogP contribution in [-0.4, -0.2) is 16.5 Å². The fraction of sp³-hybridized carbons (Fsp3) is 0.316. The van der Waals surface area contributed by atoms with Crippen LogP contribution in [0.2, 0.25) is 15.1 Å². The van der Waals surface area contributed by atoms with Crippen molar-refractivity contribution in [2.45, 2.75) is 26.2 Å². The van der Waals surface area contributed by atoms with Crippen molar-refractivity contribution in [1.29, 1.82) is 0 Å². The van der Waals surface area contributed by atoms with Crippen molar-refractivity contribution in [1.82, 2.24) is 0 Å². The molecule has 25 heavy (non-hydrogen) atoms. The summed E-state index contributed by atoms with van der Waals surface area (Å²) in [7, 11) is 0. The van der Waals surface area contributed by atoms with Gasteiger partial charge in [-0.2, -0.15) is 0 Å². The summed E-state index contributed by atoms with van der Waals surface area (Å²) in [6.07, 6.45) is 2.40. The van der Waals surface area contributed by atoms with Gasteiger partial charge in [-0.15, -0.1) is 0 Å². The highest BCUT2D eigenvalue weighted by atomic mass is 35.5. The lowest BCUT2D eigenvalue weighted by Gasteiger charge is -2.14. The molecule has 0 aliphatic rings. The van der Waals surface area contributed by atoms with Crippen LogP contribution in [0.15, 0.2) is 46.9 Å². The van der Waals surface area contributed by atoms with Crippen molar-refractivity contribution >= 4 is 52.4 Å². The first-order valence-corrected chi connectivity index (χ1v) is 10.4. The first kappa shape index (κ1) is 20.6. The summed E-state index contributed by atoms with van der Waals surface area (Å²) in [6, 6.07) is 13.0. The SMILES string of the molecule is CC(C)C[S+]([O-])N=CC(Cc1ccc(Cl)cc1Cl)c1ccc(Cl)cc1. The molecule has 134 valence electrons. The first-order valence-electron chi connectivity index (χ1n) is 7.97. The molecule has 2 rings (SSSR count). The van der Waals surface area contributed by atoms with Gasteiger partial charge in [-0.3, -0.25) is 0 Å². The maximum Gasteiger partial charge on any atom is 0.135 e. The largest absolute Gasteiger partial charge is 0.591 e. The maximum atomic E-state index is 12.1. The summed E-state index contributed by atoms with van der Waals surface area (Å²) in [5.41, 5.74) is 2.01. The molecule has 0 aliphatic carbocycles. The molecule has 0 radical (unpaired) electrons. The summed E-state index contributed by atoms with van der Waals surface area (Å²) < 4.78 is 16.3. The molecule has 0 fully saturated rings. The van der Waals surface area contributed by atoms with Crippen molar-refractivity contribution in [2.75, 3.05) is 5.75 Å². The van der Waals surface area contributed by atoms with Crippen LogP contribution in [-0.2, 0) is 17.8 Å². The molecule has 0 saturated heterocycles. The maximum absolute atomic E-state index is 12.1. The van der Waals surface area contributed by atoms with Gasteiger partial charge < -0.3 is 4.55 Å². The van der Waals surface area contributed by atoms with E-state index in [-0.39, 0.29) is 5.92 Å². The van der Waals surface area contributed by atoms with Gasteiger partial charge in [-0.25, -0.2) is 0 Å². The minimum atomic E-state index is -1.23. The molecule has 0 aromatic heterocycles. The van der Waals surface area contributed by atoms with E-state index in [1.165, 1.54) is 0 Å². The Labute approximate surface area is 167 Å². The van der Waals surface area contributed by atoms with Crippen LogP contribution in [0.1, 0.15) is 30.9 Å². The Hall–Kier alpha value is -0.710. The van der Waals surface area contributed by atoms with E-state index in [4.69, 9.17) is 34.8 Å². The fourth-order valence-corrected chi connectivity index (χ4v) is 3.91. The van der Waals surface area contributed by atoms with E-state index in [1.54, 1.807) is 12.3 Å². The lowest BCUT2D eigenvalue weighted by atomic mass is 9.93. The predicted octanol–water partition coefficient (Wildman–Crippen LogP) is 6.36. The van der Waals surface area contributed by atoms with E-state index in [1.807, 2.05) is 50.2 Å². The van der Waals surface area contributed by atoms with Crippen molar-refractivity contribution in [3.63, 3.8) is 0 Å². The number of halogens is 3. The molecule has 0 spiro atoms. The van der Waals surface area contributed by atoms with Gasteiger partial charge in [0.25, 0.3) is 0 Å². The summed E-state index contributed by atoms with van der Waals surface area (Å²) >= 11 is 17.0. The van der Waals surface area contributed by atoms with Gasteiger partial charge in [0.2, 0.25) is 0 Å². The highest BCUT2D eigenvalue weighted by Crippen LogP contribution is 2.27. The van der Waals surface area contributed by atoms with Crippen LogP contribution >= 0.6 is 34.8 Å². The highest BCUT2D eigenvalue weighted by Gasteiger charge is 2.15. The van der Waals surface area contributed by atoms with Crippen LogP contribution in [0.4, 0.5) is 0 Å². The zero-order chi connectivity index (χ0) is 18.4. The molecular weight excluding hydrogens is 397 g/mol. The van der Waals surface area contributed by atoms with E-state index in [2.05, 4.69) is 4.40 Å². The average molecular weight is 417 g/mol. The molecule has 6 heteroatoms. The minimum absolute atomic E-state index is 0.0490. The van der Waals surface area contributed by atoms with Crippen LogP contribution in [0.5, 0.6) is 0 Å². The highest BCUT2D eigenvalue weighted by molar-refractivity contribution is 7.90. The number of nitrogens with zero attached hydrogens (tertiary/aromatic N) is 1. The van der Waals surface area contributed by atoms with E-state index < -0.39 is 11.4 Å². The van der Waals surface area contributed by atoms with Gasteiger partial charge in [-0.1, -0.05) is 71.2 Å². The van der Waals surface area contributed by atoms with Gasteiger partial charge in [0, 0.05) is 26.9 Å². The molecule has 0 saturated carbocycles. The third kappa shape index (κ3) is 6.84. The monoisotopic (exact) mass is 415 g/mol. The fourth-order valence-electron chi connectivity index (χ4n) is 2.36. The topological polar surface area (TPSA) is 35.4 Å². The molecule has 0 aliphatic heterocycles. The van der Waals surface area contributed by atoms with Crippen LogP contribution in [0, 0.1) is 5.92 Å². The molecule has 2 atom stereocenters. The zero-order valence-corrected chi connectivity index (χ0v) is 17.2. The Morgan fingerprint density at radius 3 is 2.28 bits per heavy atom. The molecule has 0 N–H and O–H groups in total. The Balaban J connectivity index is 2.25. The normalized spacial score (nSPS) is 14.2. The Morgan fingerprint density at radius 1 is 1.04 bits per heavy atom. The van der Waals surface area contributed by atoms with Gasteiger partial charge >= 0.3 is 0 Å². The summed E-state index contributed by atoms with van der Waals surface area (Å²) in [5, 5.41) is 1.89. The van der Waals surface area contributed by atoms with Crippen molar-refractivity contribution in [3.05, 3.63) is 68.7 Å². The second kappa shape index (κ2) is 9.84. The average Bonchev–Trinajstić information content (AvgIpc) is 2.53. The summed E-state index contributed by atoms with van der Waals surface area (Å²) in [5.74, 6) is 0.829. The van der Waals surface area contributed by atoms with Crippen LogP contribution in [0.25, 0.3) is 0 Å². The molecular formula is C19H20Cl3NOS. The first-order chi connectivity index (χ1) is 11.8. The van der Waals surface area contributed by atoms with Crippen molar-refractivity contribution < 1.29 is 4.55 Å². The quantitative estimate of drug-likeness (QED) is 0.382. The lowest BCUT2D eigenvalue weighted by molar-refractivity contribution is 0.583. The zero-order valence-electron chi connectivity index (χ0n) is 14.1. The van der Waals surface area contributed by atoms with E-state index in [0.29, 0.717) is 33.2 Å². The third-order valence-electron chi connectivity index (χ3n) is 3.59. The Bertz CT molecular complexity index is 719. The van der Waals surface area contributed by atoms with Gasteiger partial charge in [0.1, 0.15) is 5.75 Å². The molecule has 0 heterocycles. The van der Waals surface area contributed by atoms with Crippen LogP contribution in [0.3, 0.4) is 0 Å². The lowest BCUT2D eigenvalue weighted by Crippen LogP contribution is -2.11. The molecule has 0 bridgehead atoms. The van der Waals surface area contributed by atoms with E-state index in [0.717, 1.165) is 11.1 Å². The standard InChI is InChI=1S/C19H20Cl3NOS/c1-13(2)12-25(24)23-11-16(14-3-6-17(20)7-4-14)9-15-5-8-18(21)10-19(15)22/h3-8,10-11,13,16H,9,12H2,1-2H3. The second-order valence-corrected chi connectivity index (χ2v) is 8.70. The number of hydrogen-bond donors (Lipinski definition) is 0. The number of hydrogen-bond acceptors (Lipinski definition) is 2. The third-order valence-corrected chi connectivity index (χ3v) is 5.73. The smallest absolute Gasteiger partial charge is 0.135 e. The van der Waals surface area contributed by atoms with E-state index >= 15 is 0 Å². The summed E-state index contributed by atoms with van der Waals surface area (Å²) in [6.45, 7) is 4.05. The second-order valence-electron chi connectivity index (χ2n) is 6.23. The van der Waals surface area contributed by atoms with Gasteiger partial charge in [0.05, 0.1) is 17.6 Å². The van der Waals surface area contributed by atoms with Crippen molar-refractivity contribution in [3.8, 4) is 0 Å².